The number of aryl methyl sites for hydroxylation is 2. The first kappa shape index (κ1) is 12.7. The zero-order chi connectivity index (χ0) is 13.3. The van der Waals surface area contributed by atoms with Crippen LogP contribution in [0.4, 0.5) is 10.6 Å². The lowest BCUT2D eigenvalue weighted by Crippen LogP contribution is -2.39. The summed E-state index contributed by atoms with van der Waals surface area (Å²) >= 11 is 0. The van der Waals surface area contributed by atoms with Gasteiger partial charge < -0.3 is 4.90 Å². The molecule has 2 heterocycles. The first-order chi connectivity index (χ1) is 8.47. The molecule has 1 N–H and O–H groups in total. The molecule has 0 saturated heterocycles. The molecule has 0 spiro atoms. The number of carbonyl (C=O) groups is 1. The van der Waals surface area contributed by atoms with E-state index < -0.39 is 0 Å². The molecular formula is C13H20N4O. The molecule has 0 radical (unpaired) electrons. The second-order valence-electron chi connectivity index (χ2n) is 4.96. The molecule has 1 aromatic heterocycles. The molecule has 0 atom stereocenters. The Morgan fingerprint density at radius 2 is 2.06 bits per heavy atom. The smallest absolute Gasteiger partial charge is 0.320 e. The van der Waals surface area contributed by atoms with Crippen LogP contribution in [-0.2, 0) is 7.05 Å². The maximum absolute atomic E-state index is 12.1. The number of carbonyl (C=O) groups excluding carboxylic acids is 1. The van der Waals surface area contributed by atoms with Crippen LogP contribution in [0.3, 0.4) is 0 Å². The minimum atomic E-state index is -0.0511. The summed E-state index contributed by atoms with van der Waals surface area (Å²) in [6, 6.07) is 1.82. The summed E-state index contributed by atoms with van der Waals surface area (Å²) in [4.78, 5) is 14.0. The second-order valence-corrected chi connectivity index (χ2v) is 4.96. The quantitative estimate of drug-likeness (QED) is 0.775. The monoisotopic (exact) mass is 248 g/mol. The summed E-state index contributed by atoms with van der Waals surface area (Å²) in [6.07, 6.45) is 0.962. The van der Waals surface area contributed by atoms with Gasteiger partial charge in [-0.25, -0.2) is 4.79 Å². The fourth-order valence-corrected chi connectivity index (χ4v) is 2.11. The summed E-state index contributed by atoms with van der Waals surface area (Å²) in [7, 11) is 1.83. The van der Waals surface area contributed by atoms with Crippen molar-refractivity contribution in [1.29, 1.82) is 0 Å². The number of hydrogen-bond acceptors (Lipinski definition) is 2. The topological polar surface area (TPSA) is 50.2 Å². The van der Waals surface area contributed by atoms with Crippen molar-refractivity contribution in [2.75, 3.05) is 18.4 Å². The lowest BCUT2D eigenvalue weighted by atomic mass is 10.0. The highest BCUT2D eigenvalue weighted by atomic mass is 16.2. The minimum absolute atomic E-state index is 0.0511. The molecule has 0 saturated carbocycles. The van der Waals surface area contributed by atoms with Crippen LogP contribution in [0.2, 0.25) is 0 Å². The summed E-state index contributed by atoms with van der Waals surface area (Å²) < 4.78 is 1.69. The van der Waals surface area contributed by atoms with E-state index >= 15 is 0 Å². The lowest BCUT2D eigenvalue weighted by molar-refractivity contribution is 0.214. The normalized spacial score (nSPS) is 16.1. The molecule has 18 heavy (non-hydrogen) atoms. The van der Waals surface area contributed by atoms with Crippen molar-refractivity contribution >= 4 is 11.8 Å². The Labute approximate surface area is 107 Å². The number of nitrogens with one attached hydrogen (secondary N) is 1. The van der Waals surface area contributed by atoms with Gasteiger partial charge in [-0.1, -0.05) is 11.1 Å². The van der Waals surface area contributed by atoms with Gasteiger partial charge in [0.25, 0.3) is 0 Å². The predicted octanol–water partition coefficient (Wildman–Crippen LogP) is 2.30. The number of rotatable bonds is 1. The van der Waals surface area contributed by atoms with Gasteiger partial charge in [0.2, 0.25) is 0 Å². The zero-order valence-corrected chi connectivity index (χ0v) is 11.4. The fourth-order valence-electron chi connectivity index (χ4n) is 2.11. The van der Waals surface area contributed by atoms with E-state index in [9.17, 15) is 4.79 Å². The van der Waals surface area contributed by atoms with Crippen molar-refractivity contribution < 1.29 is 4.79 Å². The van der Waals surface area contributed by atoms with Crippen molar-refractivity contribution in [3.63, 3.8) is 0 Å². The van der Waals surface area contributed by atoms with Gasteiger partial charge in [0.1, 0.15) is 5.82 Å². The van der Waals surface area contributed by atoms with Gasteiger partial charge >= 0.3 is 6.03 Å². The van der Waals surface area contributed by atoms with Gasteiger partial charge in [0.05, 0.1) is 5.69 Å². The van der Waals surface area contributed by atoms with E-state index in [1.165, 1.54) is 11.1 Å². The van der Waals surface area contributed by atoms with Crippen molar-refractivity contribution in [3.8, 4) is 0 Å². The van der Waals surface area contributed by atoms with Crippen molar-refractivity contribution in [3.05, 3.63) is 22.9 Å². The van der Waals surface area contributed by atoms with Gasteiger partial charge in [-0.2, -0.15) is 5.10 Å². The zero-order valence-electron chi connectivity index (χ0n) is 11.4. The Balaban J connectivity index is 2.03. The van der Waals surface area contributed by atoms with Gasteiger partial charge in [-0.3, -0.25) is 10.00 Å². The van der Waals surface area contributed by atoms with Crippen LogP contribution in [0.5, 0.6) is 0 Å². The van der Waals surface area contributed by atoms with E-state index in [0.29, 0.717) is 6.54 Å². The van der Waals surface area contributed by atoms with Crippen LogP contribution in [0.25, 0.3) is 0 Å². The van der Waals surface area contributed by atoms with Gasteiger partial charge in [-0.05, 0) is 27.2 Å². The van der Waals surface area contributed by atoms with Crippen molar-refractivity contribution in [1.82, 2.24) is 14.7 Å². The van der Waals surface area contributed by atoms with E-state index in [0.717, 1.165) is 24.5 Å². The summed E-state index contributed by atoms with van der Waals surface area (Å²) in [5.74, 6) is 0.737. The van der Waals surface area contributed by atoms with Crippen molar-refractivity contribution in [2.45, 2.75) is 27.2 Å². The Morgan fingerprint density at radius 3 is 2.61 bits per heavy atom. The van der Waals surface area contributed by atoms with Gasteiger partial charge in [-0.15, -0.1) is 0 Å². The summed E-state index contributed by atoms with van der Waals surface area (Å²) in [5.41, 5.74) is 3.59. The molecular weight excluding hydrogens is 228 g/mol. The van der Waals surface area contributed by atoms with Crippen LogP contribution >= 0.6 is 0 Å². The average molecular weight is 248 g/mol. The minimum Gasteiger partial charge on any atom is -0.320 e. The molecule has 0 bridgehead atoms. The number of anilines is 1. The van der Waals surface area contributed by atoms with E-state index in [4.69, 9.17) is 0 Å². The summed E-state index contributed by atoms with van der Waals surface area (Å²) in [5, 5.41) is 7.11. The largest absolute Gasteiger partial charge is 0.323 e. The highest BCUT2D eigenvalue weighted by molar-refractivity contribution is 5.88. The molecule has 2 rings (SSSR count). The molecule has 5 nitrogen and oxygen atoms in total. The average Bonchev–Trinajstić information content (AvgIpc) is 2.61. The van der Waals surface area contributed by atoms with E-state index in [2.05, 4.69) is 24.3 Å². The molecule has 1 aliphatic heterocycles. The van der Waals surface area contributed by atoms with E-state index in [1.54, 1.807) is 4.68 Å². The van der Waals surface area contributed by atoms with Crippen LogP contribution in [0, 0.1) is 6.92 Å². The molecule has 1 aromatic rings. The predicted molar refractivity (Wildman–Crippen MR) is 71.5 cm³/mol. The lowest BCUT2D eigenvalue weighted by Gasteiger charge is -2.28. The SMILES string of the molecule is CC1=C(C)CN(C(=O)Nc2cc(C)nn2C)CC1. The van der Waals surface area contributed by atoms with Gasteiger partial charge in [0.15, 0.2) is 0 Å². The number of hydrogen-bond donors (Lipinski definition) is 1. The first-order valence-corrected chi connectivity index (χ1v) is 6.19. The molecule has 5 heteroatoms. The number of aromatic nitrogens is 2. The van der Waals surface area contributed by atoms with Crippen LogP contribution in [0.15, 0.2) is 17.2 Å². The van der Waals surface area contributed by atoms with Gasteiger partial charge in [0, 0.05) is 26.2 Å². The highest BCUT2D eigenvalue weighted by Crippen LogP contribution is 2.18. The maximum atomic E-state index is 12.1. The molecule has 0 fully saturated rings. The Hall–Kier alpha value is -1.78. The number of urea groups is 1. The van der Waals surface area contributed by atoms with E-state index in [1.807, 2.05) is 24.9 Å². The molecule has 0 unspecified atom stereocenters. The standard InChI is InChI=1S/C13H20N4O/c1-9-5-6-17(8-10(9)2)13(18)14-12-7-11(3)15-16(12)4/h7H,5-6,8H2,1-4H3,(H,14,18). The molecule has 2 amide bonds. The van der Waals surface area contributed by atoms with E-state index in [-0.39, 0.29) is 6.03 Å². The third-order valence-electron chi connectivity index (χ3n) is 3.44. The molecule has 98 valence electrons. The maximum Gasteiger partial charge on any atom is 0.323 e. The Kier molecular flexibility index (Phi) is 3.41. The Bertz CT molecular complexity index is 501. The first-order valence-electron chi connectivity index (χ1n) is 6.19. The third-order valence-corrected chi connectivity index (χ3v) is 3.44. The summed E-state index contributed by atoms with van der Waals surface area (Å²) in [6.45, 7) is 7.63. The van der Waals surface area contributed by atoms with Crippen LogP contribution in [-0.4, -0.2) is 33.8 Å². The number of amides is 2. The number of nitrogens with zero attached hydrogens (tertiary/aromatic N) is 3. The molecule has 0 aromatic carbocycles. The highest BCUT2D eigenvalue weighted by Gasteiger charge is 2.19. The fraction of sp³-hybridized carbons (Fsp3) is 0.538. The second kappa shape index (κ2) is 4.84. The Morgan fingerprint density at radius 1 is 1.33 bits per heavy atom. The van der Waals surface area contributed by atoms with Crippen LogP contribution in [0.1, 0.15) is 26.0 Å². The van der Waals surface area contributed by atoms with Crippen molar-refractivity contribution in [2.24, 2.45) is 7.05 Å². The van der Waals surface area contributed by atoms with Crippen LogP contribution < -0.4 is 5.32 Å². The third kappa shape index (κ3) is 2.55. The molecule has 1 aliphatic rings. The molecule has 0 aliphatic carbocycles.